The zero-order chi connectivity index (χ0) is 15.6. The molecule has 2 rings (SSSR count). The van der Waals surface area contributed by atoms with Crippen LogP contribution in [0.15, 0.2) is 36.4 Å². The number of carbonyl (C=O) groups excluding carboxylic acids is 1. The maximum atomic E-state index is 12.9. The quantitative estimate of drug-likeness (QED) is 0.758. The van der Waals surface area contributed by atoms with Gasteiger partial charge in [0.15, 0.2) is 0 Å². The average Bonchev–Trinajstić information content (AvgIpc) is 2.41. The van der Waals surface area contributed by atoms with Gasteiger partial charge in [0.2, 0.25) is 0 Å². The van der Waals surface area contributed by atoms with Gasteiger partial charge >= 0.3 is 0 Å². The number of carbonyl (C=O) groups is 1. The number of benzene rings is 2. The molecule has 1 unspecified atom stereocenters. The minimum Gasteiger partial charge on any atom is -0.399 e. The van der Waals surface area contributed by atoms with E-state index < -0.39 is 5.91 Å². The zero-order valence-electron chi connectivity index (χ0n) is 11.4. The van der Waals surface area contributed by atoms with E-state index in [9.17, 15) is 9.18 Å². The lowest BCUT2D eigenvalue weighted by Crippen LogP contribution is -2.17. The lowest BCUT2D eigenvalue weighted by Gasteiger charge is -2.19. The lowest BCUT2D eigenvalue weighted by molar-refractivity contribution is 0.100. The molecule has 0 heterocycles. The van der Waals surface area contributed by atoms with Gasteiger partial charge in [-0.1, -0.05) is 23.7 Å². The predicted octanol–water partition coefficient (Wildman–Crippen LogP) is 3.33. The van der Waals surface area contributed by atoms with E-state index in [1.54, 1.807) is 12.1 Å². The van der Waals surface area contributed by atoms with E-state index in [4.69, 9.17) is 23.1 Å². The molecule has 2 aromatic carbocycles. The third-order valence-corrected chi connectivity index (χ3v) is 3.41. The number of nitrogen functional groups attached to an aromatic ring is 1. The van der Waals surface area contributed by atoms with Gasteiger partial charge in [0.1, 0.15) is 5.82 Å². The van der Waals surface area contributed by atoms with Gasteiger partial charge in [0, 0.05) is 11.7 Å². The summed E-state index contributed by atoms with van der Waals surface area (Å²) in [5.41, 5.74) is 12.8. The van der Waals surface area contributed by atoms with Crippen molar-refractivity contribution in [1.82, 2.24) is 0 Å². The highest BCUT2D eigenvalue weighted by Gasteiger charge is 2.16. The second kappa shape index (κ2) is 6.01. The van der Waals surface area contributed by atoms with Crippen LogP contribution in [-0.4, -0.2) is 5.91 Å². The number of amides is 1. The number of anilines is 2. The molecule has 0 saturated carbocycles. The van der Waals surface area contributed by atoms with Crippen molar-refractivity contribution >= 4 is 28.9 Å². The van der Waals surface area contributed by atoms with E-state index in [1.165, 1.54) is 24.3 Å². The number of nitrogens with one attached hydrogen (secondary N) is 1. The Morgan fingerprint density at radius 1 is 1.29 bits per heavy atom. The first kappa shape index (κ1) is 15.1. The van der Waals surface area contributed by atoms with Crippen LogP contribution in [0.25, 0.3) is 0 Å². The van der Waals surface area contributed by atoms with E-state index in [1.807, 2.05) is 6.92 Å². The summed E-state index contributed by atoms with van der Waals surface area (Å²) in [4.78, 5) is 11.5. The van der Waals surface area contributed by atoms with Crippen molar-refractivity contribution < 1.29 is 9.18 Å². The Labute approximate surface area is 126 Å². The second-order valence-corrected chi connectivity index (χ2v) is 5.11. The highest BCUT2D eigenvalue weighted by Crippen LogP contribution is 2.32. The molecule has 0 aliphatic heterocycles. The van der Waals surface area contributed by atoms with Crippen molar-refractivity contribution in [2.24, 2.45) is 5.73 Å². The van der Waals surface area contributed by atoms with Crippen molar-refractivity contribution in [2.75, 3.05) is 11.1 Å². The van der Waals surface area contributed by atoms with E-state index in [0.717, 1.165) is 5.56 Å². The maximum absolute atomic E-state index is 12.9. The molecule has 0 fully saturated rings. The Hall–Kier alpha value is -2.27. The first-order valence-corrected chi connectivity index (χ1v) is 6.67. The molecule has 0 aliphatic carbocycles. The topological polar surface area (TPSA) is 81.1 Å². The van der Waals surface area contributed by atoms with Gasteiger partial charge in [-0.05, 0) is 36.8 Å². The minimum absolute atomic E-state index is 0.190. The third-order valence-electron chi connectivity index (χ3n) is 3.11. The molecule has 5 N–H and O–H groups in total. The van der Waals surface area contributed by atoms with Crippen LogP contribution in [0.5, 0.6) is 0 Å². The van der Waals surface area contributed by atoms with Crippen molar-refractivity contribution in [3.63, 3.8) is 0 Å². The number of halogens is 2. The number of rotatable bonds is 4. The Morgan fingerprint density at radius 2 is 1.90 bits per heavy atom. The predicted molar refractivity (Wildman–Crippen MR) is 82.8 cm³/mol. The van der Waals surface area contributed by atoms with Gasteiger partial charge in [-0.2, -0.15) is 0 Å². The molecule has 110 valence electrons. The number of hydrogen-bond donors (Lipinski definition) is 3. The number of nitrogens with two attached hydrogens (primary N) is 2. The molecule has 0 spiro atoms. The van der Waals surface area contributed by atoms with E-state index in [0.29, 0.717) is 16.4 Å². The Kier molecular flexibility index (Phi) is 4.33. The molecule has 2 aromatic rings. The summed E-state index contributed by atoms with van der Waals surface area (Å²) in [5, 5.41) is 3.42. The van der Waals surface area contributed by atoms with Gasteiger partial charge in [-0.15, -0.1) is 0 Å². The van der Waals surface area contributed by atoms with Crippen LogP contribution in [0.4, 0.5) is 15.8 Å². The summed E-state index contributed by atoms with van der Waals surface area (Å²) < 4.78 is 12.9. The van der Waals surface area contributed by atoms with E-state index >= 15 is 0 Å². The van der Waals surface area contributed by atoms with Gasteiger partial charge < -0.3 is 16.8 Å². The molecule has 4 nitrogen and oxygen atoms in total. The summed E-state index contributed by atoms with van der Waals surface area (Å²) in [6.07, 6.45) is 0. The normalized spacial score (nSPS) is 12.0. The standard InChI is InChI=1S/C15H15ClFN3O/c1-8(9-2-4-10(17)5-3-9)20-14-12(15(19)21)6-11(18)7-13(14)16/h2-8,20H,18H2,1H3,(H2,19,21). The van der Waals surface area contributed by atoms with Crippen LogP contribution in [0.3, 0.4) is 0 Å². The van der Waals surface area contributed by atoms with Crippen LogP contribution < -0.4 is 16.8 Å². The molecule has 0 aliphatic rings. The van der Waals surface area contributed by atoms with Crippen molar-refractivity contribution in [2.45, 2.75) is 13.0 Å². The Bertz CT molecular complexity index is 673. The Balaban J connectivity index is 2.34. The summed E-state index contributed by atoms with van der Waals surface area (Å²) >= 11 is 6.13. The van der Waals surface area contributed by atoms with Crippen molar-refractivity contribution in [1.29, 1.82) is 0 Å². The van der Waals surface area contributed by atoms with Crippen LogP contribution in [0, 0.1) is 5.82 Å². The van der Waals surface area contributed by atoms with Gasteiger partial charge in [-0.25, -0.2) is 4.39 Å². The first-order chi connectivity index (χ1) is 9.88. The van der Waals surface area contributed by atoms with Crippen LogP contribution in [0.1, 0.15) is 28.9 Å². The Morgan fingerprint density at radius 3 is 2.48 bits per heavy atom. The van der Waals surface area contributed by atoms with E-state index in [-0.39, 0.29) is 17.4 Å². The van der Waals surface area contributed by atoms with Crippen molar-refractivity contribution in [3.8, 4) is 0 Å². The third kappa shape index (κ3) is 3.44. The smallest absolute Gasteiger partial charge is 0.250 e. The monoisotopic (exact) mass is 307 g/mol. The average molecular weight is 308 g/mol. The molecule has 1 atom stereocenters. The van der Waals surface area contributed by atoms with Gasteiger partial charge in [-0.3, -0.25) is 4.79 Å². The van der Waals surface area contributed by atoms with Gasteiger partial charge in [0.05, 0.1) is 16.3 Å². The second-order valence-electron chi connectivity index (χ2n) is 4.71. The fourth-order valence-corrected chi connectivity index (χ4v) is 2.30. The largest absolute Gasteiger partial charge is 0.399 e. The molecule has 6 heteroatoms. The highest BCUT2D eigenvalue weighted by atomic mass is 35.5. The molecule has 0 bridgehead atoms. The molecule has 21 heavy (non-hydrogen) atoms. The summed E-state index contributed by atoms with van der Waals surface area (Å²) in [7, 11) is 0. The molecular weight excluding hydrogens is 293 g/mol. The van der Waals surface area contributed by atoms with Crippen LogP contribution in [-0.2, 0) is 0 Å². The zero-order valence-corrected chi connectivity index (χ0v) is 12.1. The van der Waals surface area contributed by atoms with Crippen LogP contribution in [0.2, 0.25) is 5.02 Å². The SMILES string of the molecule is CC(Nc1c(Cl)cc(N)cc1C(N)=O)c1ccc(F)cc1. The molecule has 0 aromatic heterocycles. The lowest BCUT2D eigenvalue weighted by atomic mass is 10.1. The number of primary amides is 1. The van der Waals surface area contributed by atoms with E-state index in [2.05, 4.69) is 5.32 Å². The summed E-state index contributed by atoms with van der Waals surface area (Å²) in [6, 6.07) is 8.86. The molecule has 1 amide bonds. The van der Waals surface area contributed by atoms with Gasteiger partial charge in [0.25, 0.3) is 5.91 Å². The first-order valence-electron chi connectivity index (χ1n) is 6.29. The molecule has 0 saturated heterocycles. The fourth-order valence-electron chi connectivity index (χ4n) is 2.02. The maximum Gasteiger partial charge on any atom is 0.250 e. The number of hydrogen-bond acceptors (Lipinski definition) is 3. The fraction of sp³-hybridized carbons (Fsp3) is 0.133. The van der Waals surface area contributed by atoms with Crippen LogP contribution >= 0.6 is 11.6 Å². The molecular formula is C15H15ClFN3O. The molecule has 0 radical (unpaired) electrons. The van der Waals surface area contributed by atoms with Crippen molar-refractivity contribution in [3.05, 3.63) is 58.4 Å². The minimum atomic E-state index is -0.627. The highest BCUT2D eigenvalue weighted by molar-refractivity contribution is 6.34. The summed E-state index contributed by atoms with van der Waals surface area (Å²) in [5.74, 6) is -0.938. The summed E-state index contributed by atoms with van der Waals surface area (Å²) in [6.45, 7) is 1.87.